The molecule has 1 aliphatic carbocycles. The van der Waals surface area contributed by atoms with Crippen molar-refractivity contribution < 1.29 is 9.59 Å². The molecule has 10 nitrogen and oxygen atoms in total. The van der Waals surface area contributed by atoms with Crippen LogP contribution in [0.2, 0.25) is 0 Å². The van der Waals surface area contributed by atoms with Gasteiger partial charge in [-0.2, -0.15) is 9.78 Å². The van der Waals surface area contributed by atoms with Gasteiger partial charge in [0.15, 0.2) is 5.82 Å². The maximum absolute atomic E-state index is 13.2. The molecular formula is C17H22N8O2. The third kappa shape index (κ3) is 2.79. The number of H-pyrrole nitrogens is 1. The predicted molar refractivity (Wildman–Crippen MR) is 92.8 cm³/mol. The molecule has 2 saturated heterocycles. The number of hydrogen-bond donors (Lipinski definition) is 1. The number of aromatic nitrogens is 6. The van der Waals surface area contributed by atoms with Gasteiger partial charge in [0.05, 0.1) is 11.6 Å². The minimum absolute atomic E-state index is 0.141. The molecular weight excluding hydrogens is 348 g/mol. The van der Waals surface area contributed by atoms with Crippen LogP contribution in [0.4, 0.5) is 0 Å². The third-order valence-electron chi connectivity index (χ3n) is 6.07. The summed E-state index contributed by atoms with van der Waals surface area (Å²) in [5.74, 6) is 1.23. The first-order valence-electron chi connectivity index (χ1n) is 9.52. The van der Waals surface area contributed by atoms with Crippen LogP contribution in [0.15, 0.2) is 12.5 Å². The number of likely N-dealkylation sites (tertiary alicyclic amines) is 2. The molecule has 3 aliphatic rings. The summed E-state index contributed by atoms with van der Waals surface area (Å²) in [6.45, 7) is 2.81. The Kier molecular flexibility index (Phi) is 3.73. The molecule has 142 valence electrons. The molecule has 0 bridgehead atoms. The van der Waals surface area contributed by atoms with E-state index in [1.807, 2.05) is 4.90 Å². The Balaban J connectivity index is 1.34. The van der Waals surface area contributed by atoms with E-state index in [1.54, 1.807) is 4.90 Å². The number of tetrazole rings is 1. The number of nitrogens with one attached hydrogen (secondary N) is 1. The van der Waals surface area contributed by atoms with Gasteiger partial charge in [-0.1, -0.05) is 0 Å². The van der Waals surface area contributed by atoms with Gasteiger partial charge in [-0.05, 0) is 48.4 Å². The van der Waals surface area contributed by atoms with Crippen molar-refractivity contribution in [3.05, 3.63) is 18.1 Å². The van der Waals surface area contributed by atoms with Crippen molar-refractivity contribution in [2.75, 3.05) is 26.2 Å². The molecule has 0 unspecified atom stereocenters. The quantitative estimate of drug-likeness (QED) is 0.825. The minimum Gasteiger partial charge on any atom is -0.342 e. The van der Waals surface area contributed by atoms with Crippen LogP contribution in [0.5, 0.6) is 0 Å². The van der Waals surface area contributed by atoms with Gasteiger partial charge < -0.3 is 9.80 Å². The topological polar surface area (TPSA) is 113 Å². The summed E-state index contributed by atoms with van der Waals surface area (Å²) < 4.78 is 1.38. The summed E-state index contributed by atoms with van der Waals surface area (Å²) in [5, 5.41) is 17.8. The summed E-state index contributed by atoms with van der Waals surface area (Å²) in [4.78, 5) is 30.1. The van der Waals surface area contributed by atoms with Gasteiger partial charge in [-0.25, -0.2) is 0 Å². The van der Waals surface area contributed by atoms with E-state index in [1.165, 1.54) is 30.0 Å². The predicted octanol–water partition coefficient (Wildman–Crippen LogP) is 0.250. The van der Waals surface area contributed by atoms with Crippen molar-refractivity contribution >= 4 is 11.8 Å². The highest BCUT2D eigenvalue weighted by molar-refractivity contribution is 5.98. The molecule has 5 rings (SSSR count). The fourth-order valence-corrected chi connectivity index (χ4v) is 4.41. The second kappa shape index (κ2) is 6.14. The lowest BCUT2D eigenvalue weighted by Crippen LogP contribution is -2.51. The van der Waals surface area contributed by atoms with Crippen LogP contribution in [0.1, 0.15) is 42.5 Å². The lowest BCUT2D eigenvalue weighted by molar-refractivity contribution is -0.145. The van der Waals surface area contributed by atoms with Gasteiger partial charge in [0.25, 0.3) is 5.91 Å². The molecule has 1 atom stereocenters. The van der Waals surface area contributed by atoms with Crippen LogP contribution in [0.3, 0.4) is 0 Å². The molecule has 10 heteroatoms. The van der Waals surface area contributed by atoms with Gasteiger partial charge in [-0.3, -0.25) is 14.7 Å². The molecule has 1 saturated carbocycles. The summed E-state index contributed by atoms with van der Waals surface area (Å²) >= 11 is 0. The van der Waals surface area contributed by atoms with Crippen molar-refractivity contribution in [2.45, 2.75) is 32.1 Å². The third-order valence-corrected chi connectivity index (χ3v) is 6.07. The molecule has 2 aliphatic heterocycles. The first kappa shape index (κ1) is 16.4. The monoisotopic (exact) mass is 370 g/mol. The molecule has 27 heavy (non-hydrogen) atoms. The SMILES string of the molecule is O=C(c1cn[nH]c1-n1cnnn1)N1CC[C@@]2(CCCN(CC3CC3)C2=O)C1. The van der Waals surface area contributed by atoms with E-state index in [2.05, 4.69) is 25.7 Å². The zero-order chi connectivity index (χ0) is 18.4. The van der Waals surface area contributed by atoms with Gasteiger partial charge in [-0.15, -0.1) is 5.10 Å². The fraction of sp³-hybridized carbons (Fsp3) is 0.647. The summed E-state index contributed by atoms with van der Waals surface area (Å²) in [7, 11) is 0. The molecule has 3 fully saturated rings. The number of carbonyl (C=O) groups excluding carboxylic acids is 2. The van der Waals surface area contributed by atoms with Crippen LogP contribution in [0.25, 0.3) is 5.82 Å². The summed E-state index contributed by atoms with van der Waals surface area (Å²) in [6, 6.07) is 0. The highest BCUT2D eigenvalue weighted by Crippen LogP contribution is 2.42. The minimum atomic E-state index is -0.415. The average Bonchev–Trinajstić information content (AvgIpc) is 3.12. The molecule has 2 aromatic rings. The van der Waals surface area contributed by atoms with Crippen LogP contribution >= 0.6 is 0 Å². The van der Waals surface area contributed by atoms with Gasteiger partial charge in [0, 0.05) is 26.2 Å². The van der Waals surface area contributed by atoms with Crippen molar-refractivity contribution in [3.8, 4) is 5.82 Å². The Morgan fingerprint density at radius 1 is 1.30 bits per heavy atom. The van der Waals surface area contributed by atoms with Crippen molar-refractivity contribution in [2.24, 2.45) is 11.3 Å². The summed E-state index contributed by atoms with van der Waals surface area (Å²) in [6.07, 6.45) is 7.99. The van der Waals surface area contributed by atoms with E-state index in [9.17, 15) is 9.59 Å². The Bertz CT molecular complexity index is 858. The first-order valence-corrected chi connectivity index (χ1v) is 9.52. The van der Waals surface area contributed by atoms with Crippen LogP contribution in [-0.4, -0.2) is 78.2 Å². The molecule has 1 N–H and O–H groups in total. The highest BCUT2D eigenvalue weighted by atomic mass is 16.2. The van der Waals surface area contributed by atoms with Gasteiger partial charge in [0.2, 0.25) is 5.91 Å². The van der Waals surface area contributed by atoms with Crippen LogP contribution in [-0.2, 0) is 4.79 Å². The maximum atomic E-state index is 13.2. The molecule has 4 heterocycles. The molecule has 1 spiro atoms. The average molecular weight is 370 g/mol. The highest BCUT2D eigenvalue weighted by Gasteiger charge is 2.50. The number of carbonyl (C=O) groups is 2. The van der Waals surface area contributed by atoms with E-state index in [0.717, 1.165) is 32.4 Å². The Morgan fingerprint density at radius 3 is 2.96 bits per heavy atom. The number of hydrogen-bond acceptors (Lipinski definition) is 6. The number of piperidine rings is 1. The summed E-state index contributed by atoms with van der Waals surface area (Å²) in [5.41, 5.74) is -0.000868. The molecule has 0 radical (unpaired) electrons. The number of aromatic amines is 1. The molecule has 2 amide bonds. The maximum Gasteiger partial charge on any atom is 0.259 e. The zero-order valence-corrected chi connectivity index (χ0v) is 15.0. The smallest absolute Gasteiger partial charge is 0.259 e. The van der Waals surface area contributed by atoms with E-state index >= 15 is 0 Å². The number of rotatable bonds is 4. The van der Waals surface area contributed by atoms with Crippen molar-refractivity contribution in [1.82, 2.24) is 40.2 Å². The van der Waals surface area contributed by atoms with Crippen LogP contribution < -0.4 is 0 Å². The van der Waals surface area contributed by atoms with E-state index in [0.29, 0.717) is 30.4 Å². The van der Waals surface area contributed by atoms with E-state index < -0.39 is 5.41 Å². The second-order valence-electron chi connectivity index (χ2n) is 7.94. The normalized spacial score (nSPS) is 25.6. The van der Waals surface area contributed by atoms with Gasteiger partial charge >= 0.3 is 0 Å². The fourth-order valence-electron chi connectivity index (χ4n) is 4.41. The standard InChI is InChI=1S/C17H22N8O2/c26-15(13-8-18-20-14(13)25-11-19-21-22-25)24-7-5-17(10-24)4-1-6-23(16(17)27)9-12-2-3-12/h8,11-12H,1-7,9-10H2,(H,18,20)/t17-/m0/s1. The van der Waals surface area contributed by atoms with Gasteiger partial charge in [0.1, 0.15) is 11.9 Å². The van der Waals surface area contributed by atoms with Crippen molar-refractivity contribution in [1.29, 1.82) is 0 Å². The lowest BCUT2D eigenvalue weighted by Gasteiger charge is -2.39. The molecule has 0 aromatic carbocycles. The lowest BCUT2D eigenvalue weighted by atomic mass is 9.78. The van der Waals surface area contributed by atoms with Crippen molar-refractivity contribution in [3.63, 3.8) is 0 Å². The number of amides is 2. The first-order chi connectivity index (χ1) is 13.2. The largest absolute Gasteiger partial charge is 0.342 e. The second-order valence-corrected chi connectivity index (χ2v) is 7.94. The Morgan fingerprint density at radius 2 is 2.19 bits per heavy atom. The van der Waals surface area contributed by atoms with E-state index in [4.69, 9.17) is 0 Å². The number of nitrogens with zero attached hydrogens (tertiary/aromatic N) is 7. The van der Waals surface area contributed by atoms with E-state index in [-0.39, 0.29) is 11.8 Å². The Labute approximate surface area is 155 Å². The molecule has 2 aromatic heterocycles. The van der Waals surface area contributed by atoms with Crippen LogP contribution in [0, 0.1) is 11.3 Å². The zero-order valence-electron chi connectivity index (χ0n) is 15.0. The Hall–Kier alpha value is -2.78.